The molecule has 3 aromatic rings. The van der Waals surface area contributed by atoms with E-state index in [0.29, 0.717) is 33.6 Å². The first-order valence-corrected chi connectivity index (χ1v) is 12.0. The number of halogens is 2. The third-order valence-electron chi connectivity index (χ3n) is 5.57. The Kier molecular flexibility index (Phi) is 7.99. The zero-order valence-electron chi connectivity index (χ0n) is 20.2. The first-order chi connectivity index (χ1) is 18.2. The number of ketones is 1. The molecule has 194 valence electrons. The van der Waals surface area contributed by atoms with Crippen molar-refractivity contribution in [2.45, 2.75) is 13.5 Å². The van der Waals surface area contributed by atoms with Crippen LogP contribution >= 0.6 is 23.2 Å². The highest BCUT2D eigenvalue weighted by atomic mass is 35.5. The molecule has 0 atom stereocenters. The van der Waals surface area contributed by atoms with Crippen LogP contribution in [-0.4, -0.2) is 30.7 Å². The maximum absolute atomic E-state index is 13.2. The van der Waals surface area contributed by atoms with Gasteiger partial charge in [-0.3, -0.25) is 14.4 Å². The van der Waals surface area contributed by atoms with Gasteiger partial charge >= 0.3 is 17.8 Å². The van der Waals surface area contributed by atoms with Crippen molar-refractivity contribution < 1.29 is 28.3 Å². The van der Waals surface area contributed by atoms with Gasteiger partial charge in [0.15, 0.2) is 0 Å². The van der Waals surface area contributed by atoms with E-state index < -0.39 is 23.6 Å². The van der Waals surface area contributed by atoms with Crippen LogP contribution in [0.4, 0.5) is 11.4 Å². The molecular formula is C27H21Cl2N3O6. The molecule has 2 amide bonds. The van der Waals surface area contributed by atoms with Crippen LogP contribution in [0.3, 0.4) is 0 Å². The molecular weight excluding hydrogens is 533 g/mol. The van der Waals surface area contributed by atoms with Gasteiger partial charge in [-0.1, -0.05) is 41.4 Å². The number of Topliss-reactive ketones (excluding diaryl/α,β-unsaturated/α-hetero) is 1. The summed E-state index contributed by atoms with van der Waals surface area (Å²) in [6.07, 6.45) is 1.50. The van der Waals surface area contributed by atoms with Gasteiger partial charge in [0.25, 0.3) is 0 Å². The standard InChI is InChI=1S/C27H21Cl2N3O6/c1-15-23(27(36)37-2)24(33)22(32(15)17-6-4-3-5-7-17)13-18-9-10-19(38-18)14-30-25(34)26(35)31-16-8-11-20(28)21(29)12-16/h3-13H,14H2,1-2H3,(H,30,34)(H,31,35)/b22-13+. The summed E-state index contributed by atoms with van der Waals surface area (Å²) >= 11 is 11.8. The van der Waals surface area contributed by atoms with Gasteiger partial charge in [-0.25, -0.2) is 4.79 Å². The molecule has 38 heavy (non-hydrogen) atoms. The molecule has 1 aromatic heterocycles. The number of nitrogens with zero attached hydrogens (tertiary/aromatic N) is 1. The summed E-state index contributed by atoms with van der Waals surface area (Å²) in [5.74, 6) is -2.40. The van der Waals surface area contributed by atoms with Crippen LogP contribution in [-0.2, 0) is 30.5 Å². The fourth-order valence-corrected chi connectivity index (χ4v) is 4.08. The second-order valence-corrected chi connectivity index (χ2v) is 8.87. The van der Waals surface area contributed by atoms with Crippen LogP contribution in [0.1, 0.15) is 18.4 Å². The Morgan fingerprint density at radius 1 is 1.00 bits per heavy atom. The van der Waals surface area contributed by atoms with E-state index >= 15 is 0 Å². The number of benzene rings is 2. The molecule has 0 radical (unpaired) electrons. The molecule has 11 heteroatoms. The number of ether oxygens (including phenoxy) is 1. The number of amides is 2. The smallest absolute Gasteiger partial charge is 0.343 e. The minimum Gasteiger partial charge on any atom is -0.465 e. The first-order valence-electron chi connectivity index (χ1n) is 11.2. The van der Waals surface area contributed by atoms with E-state index in [0.717, 1.165) is 0 Å². The first kappa shape index (κ1) is 26.7. The summed E-state index contributed by atoms with van der Waals surface area (Å²) in [5.41, 5.74) is 1.53. The summed E-state index contributed by atoms with van der Waals surface area (Å²) in [6, 6.07) is 16.7. The number of allylic oxidation sites excluding steroid dienone is 2. The van der Waals surface area contributed by atoms with Crippen LogP contribution in [0, 0.1) is 0 Å². The molecule has 2 aromatic carbocycles. The molecule has 0 saturated heterocycles. The highest BCUT2D eigenvalue weighted by Crippen LogP contribution is 2.35. The van der Waals surface area contributed by atoms with E-state index in [-0.39, 0.29) is 22.8 Å². The van der Waals surface area contributed by atoms with Crippen molar-refractivity contribution in [2.24, 2.45) is 0 Å². The van der Waals surface area contributed by atoms with Crippen LogP contribution in [0.25, 0.3) is 6.08 Å². The maximum atomic E-state index is 13.2. The number of esters is 1. The number of nitrogens with one attached hydrogen (secondary N) is 2. The van der Waals surface area contributed by atoms with Gasteiger partial charge < -0.3 is 24.7 Å². The molecule has 4 rings (SSSR count). The molecule has 0 bridgehead atoms. The van der Waals surface area contributed by atoms with E-state index in [2.05, 4.69) is 10.6 Å². The molecule has 0 unspecified atom stereocenters. The minimum absolute atomic E-state index is 0.0744. The van der Waals surface area contributed by atoms with E-state index in [1.165, 1.54) is 31.4 Å². The molecule has 0 spiro atoms. The monoisotopic (exact) mass is 553 g/mol. The number of para-hydroxylation sites is 1. The van der Waals surface area contributed by atoms with Crippen LogP contribution in [0.15, 0.2) is 82.0 Å². The Morgan fingerprint density at radius 2 is 1.74 bits per heavy atom. The van der Waals surface area contributed by atoms with Crippen molar-refractivity contribution in [3.05, 3.63) is 99.2 Å². The van der Waals surface area contributed by atoms with Gasteiger partial charge in [0.05, 0.1) is 29.4 Å². The fraction of sp³-hybridized carbons (Fsp3) is 0.111. The van der Waals surface area contributed by atoms with Crippen molar-refractivity contribution >= 4 is 64.2 Å². The minimum atomic E-state index is -0.899. The van der Waals surface area contributed by atoms with Crippen molar-refractivity contribution in [2.75, 3.05) is 17.3 Å². The van der Waals surface area contributed by atoms with E-state index in [1.54, 1.807) is 36.1 Å². The maximum Gasteiger partial charge on any atom is 0.343 e. The number of furan rings is 1. The van der Waals surface area contributed by atoms with Gasteiger partial charge in [0.1, 0.15) is 17.1 Å². The Morgan fingerprint density at radius 3 is 2.42 bits per heavy atom. The molecule has 1 aliphatic rings. The fourth-order valence-electron chi connectivity index (χ4n) is 3.78. The van der Waals surface area contributed by atoms with Crippen molar-refractivity contribution in [3.8, 4) is 0 Å². The number of methoxy groups -OCH3 is 1. The molecule has 2 heterocycles. The van der Waals surface area contributed by atoms with Gasteiger partial charge in [-0.2, -0.15) is 0 Å². The van der Waals surface area contributed by atoms with E-state index in [9.17, 15) is 19.2 Å². The average molecular weight is 554 g/mol. The molecule has 1 aliphatic heterocycles. The van der Waals surface area contributed by atoms with E-state index in [4.69, 9.17) is 32.4 Å². The van der Waals surface area contributed by atoms with Gasteiger partial charge in [-0.15, -0.1) is 0 Å². The van der Waals surface area contributed by atoms with E-state index in [1.807, 2.05) is 18.2 Å². The zero-order chi connectivity index (χ0) is 27.4. The molecule has 9 nitrogen and oxygen atoms in total. The van der Waals surface area contributed by atoms with Crippen LogP contribution in [0.5, 0.6) is 0 Å². The number of carbonyl (C=O) groups is 4. The highest BCUT2D eigenvalue weighted by Gasteiger charge is 2.38. The van der Waals surface area contributed by atoms with Gasteiger partial charge in [0.2, 0.25) is 5.78 Å². The summed E-state index contributed by atoms with van der Waals surface area (Å²) < 4.78 is 10.5. The summed E-state index contributed by atoms with van der Waals surface area (Å²) in [7, 11) is 1.21. The number of hydrogen-bond donors (Lipinski definition) is 2. The molecule has 0 saturated carbocycles. The normalized spacial score (nSPS) is 14.2. The summed E-state index contributed by atoms with van der Waals surface area (Å²) in [5, 5.41) is 5.44. The predicted molar refractivity (Wildman–Crippen MR) is 142 cm³/mol. The Labute approximate surface area is 227 Å². The average Bonchev–Trinajstić information content (AvgIpc) is 3.46. The topological polar surface area (TPSA) is 118 Å². The Balaban J connectivity index is 1.48. The quantitative estimate of drug-likeness (QED) is 0.196. The van der Waals surface area contributed by atoms with Gasteiger partial charge in [-0.05, 0) is 49.4 Å². The third-order valence-corrected chi connectivity index (χ3v) is 6.31. The number of rotatable bonds is 6. The number of carbonyl (C=O) groups excluding carboxylic acids is 4. The zero-order valence-corrected chi connectivity index (χ0v) is 21.7. The summed E-state index contributed by atoms with van der Waals surface area (Å²) in [6.45, 7) is 1.57. The number of anilines is 2. The lowest BCUT2D eigenvalue weighted by Gasteiger charge is -2.21. The lowest BCUT2D eigenvalue weighted by molar-refractivity contribution is -0.137. The molecule has 2 N–H and O–H groups in total. The largest absolute Gasteiger partial charge is 0.465 e. The van der Waals surface area contributed by atoms with Crippen LogP contribution < -0.4 is 15.5 Å². The lowest BCUT2D eigenvalue weighted by Crippen LogP contribution is -2.34. The highest BCUT2D eigenvalue weighted by molar-refractivity contribution is 6.43. The second-order valence-electron chi connectivity index (χ2n) is 8.05. The van der Waals surface area contributed by atoms with Crippen LogP contribution in [0.2, 0.25) is 10.0 Å². The lowest BCUT2D eigenvalue weighted by atomic mass is 10.1. The molecule has 0 aliphatic carbocycles. The van der Waals surface area contributed by atoms with Gasteiger partial charge in [0, 0.05) is 23.1 Å². The van der Waals surface area contributed by atoms with Crippen molar-refractivity contribution in [3.63, 3.8) is 0 Å². The second kappa shape index (κ2) is 11.4. The Bertz CT molecular complexity index is 1490. The molecule has 0 fully saturated rings. The SMILES string of the molecule is COC(=O)C1=C(C)N(c2ccccc2)/C(=C/c2ccc(CNC(=O)C(=O)Nc3ccc(Cl)c(Cl)c3)o2)C1=O. The summed E-state index contributed by atoms with van der Waals surface area (Å²) in [4.78, 5) is 51.5. The third kappa shape index (κ3) is 5.64. The Hall–Kier alpha value is -4.34. The number of hydrogen-bond acceptors (Lipinski definition) is 7. The van der Waals surface area contributed by atoms with Crippen molar-refractivity contribution in [1.29, 1.82) is 0 Å². The predicted octanol–water partition coefficient (Wildman–Crippen LogP) is 4.72. The van der Waals surface area contributed by atoms with Crippen molar-refractivity contribution in [1.82, 2.24) is 5.32 Å².